The first-order valence-corrected chi connectivity index (χ1v) is 8.56. The van der Waals surface area contributed by atoms with Crippen molar-refractivity contribution in [2.24, 2.45) is 5.10 Å². The van der Waals surface area contributed by atoms with E-state index in [0.29, 0.717) is 29.1 Å². The summed E-state index contributed by atoms with van der Waals surface area (Å²) in [6, 6.07) is 13.6. The van der Waals surface area contributed by atoms with Gasteiger partial charge in [0.05, 0.1) is 30.6 Å². The van der Waals surface area contributed by atoms with Gasteiger partial charge in [0, 0.05) is 11.6 Å². The summed E-state index contributed by atoms with van der Waals surface area (Å²) >= 11 is 0. The number of hydrogen-bond donors (Lipinski definition) is 1. The third kappa shape index (κ3) is 3.50. The zero-order valence-corrected chi connectivity index (χ0v) is 15.3. The maximum atomic E-state index is 11.2. The summed E-state index contributed by atoms with van der Waals surface area (Å²) in [6.45, 7) is 2.27. The highest BCUT2D eigenvalue weighted by molar-refractivity contribution is 5.98. The standard InChI is InChI=1S/C19H17N7O2/c1-12(22-24-19(27)28-2)15-7-8-17-18(21-15)26(25-23-17)11-13-5-6-16-14(10-13)4-3-9-20-16/h3-10H,11H2,1-2H3,(H,24,27)/b22-12-. The molecule has 0 aliphatic rings. The van der Waals surface area contributed by atoms with Crippen LogP contribution in [0.25, 0.3) is 22.1 Å². The highest BCUT2D eigenvalue weighted by Crippen LogP contribution is 2.16. The van der Waals surface area contributed by atoms with Crippen molar-refractivity contribution in [2.75, 3.05) is 7.11 Å². The lowest BCUT2D eigenvalue weighted by atomic mass is 10.1. The number of nitrogens with zero attached hydrogens (tertiary/aromatic N) is 6. The Morgan fingerprint density at radius 1 is 1.21 bits per heavy atom. The van der Waals surface area contributed by atoms with E-state index in [1.54, 1.807) is 23.9 Å². The molecule has 0 unspecified atom stereocenters. The first-order valence-electron chi connectivity index (χ1n) is 8.56. The van der Waals surface area contributed by atoms with Crippen LogP contribution < -0.4 is 5.43 Å². The highest BCUT2D eigenvalue weighted by atomic mass is 16.5. The number of nitrogens with one attached hydrogen (secondary N) is 1. The van der Waals surface area contributed by atoms with Crippen molar-refractivity contribution in [1.29, 1.82) is 0 Å². The molecule has 4 rings (SSSR count). The Morgan fingerprint density at radius 3 is 2.93 bits per heavy atom. The lowest BCUT2D eigenvalue weighted by Gasteiger charge is -2.05. The van der Waals surface area contributed by atoms with Crippen LogP contribution in [-0.2, 0) is 11.3 Å². The Balaban J connectivity index is 1.64. The second-order valence-corrected chi connectivity index (χ2v) is 6.12. The number of methoxy groups -OCH3 is 1. The molecule has 1 N–H and O–H groups in total. The van der Waals surface area contributed by atoms with Crippen LogP contribution in [0.1, 0.15) is 18.2 Å². The summed E-state index contributed by atoms with van der Waals surface area (Å²) in [6.07, 6.45) is 1.13. The van der Waals surface area contributed by atoms with E-state index >= 15 is 0 Å². The van der Waals surface area contributed by atoms with Gasteiger partial charge in [-0.05, 0) is 42.8 Å². The van der Waals surface area contributed by atoms with Crippen LogP contribution in [0.3, 0.4) is 0 Å². The van der Waals surface area contributed by atoms with E-state index in [1.807, 2.05) is 30.3 Å². The lowest BCUT2D eigenvalue weighted by molar-refractivity contribution is 0.171. The van der Waals surface area contributed by atoms with Crippen molar-refractivity contribution in [1.82, 2.24) is 30.4 Å². The number of benzene rings is 1. The minimum Gasteiger partial charge on any atom is -0.452 e. The molecule has 0 aliphatic heterocycles. The van der Waals surface area contributed by atoms with Crippen LogP contribution in [0.5, 0.6) is 0 Å². The number of pyridine rings is 2. The van der Waals surface area contributed by atoms with Gasteiger partial charge in [-0.25, -0.2) is 19.9 Å². The van der Waals surface area contributed by atoms with Crippen molar-refractivity contribution in [2.45, 2.75) is 13.5 Å². The quantitative estimate of drug-likeness (QED) is 0.434. The maximum Gasteiger partial charge on any atom is 0.427 e. The molecule has 0 aliphatic carbocycles. The number of rotatable bonds is 4. The first-order chi connectivity index (χ1) is 13.6. The Kier molecular flexibility index (Phi) is 4.63. The van der Waals surface area contributed by atoms with Gasteiger partial charge in [0.1, 0.15) is 5.52 Å². The van der Waals surface area contributed by atoms with Gasteiger partial charge in [0.25, 0.3) is 0 Å². The first kappa shape index (κ1) is 17.5. The number of carbonyl (C=O) groups excluding carboxylic acids is 1. The molecule has 3 heterocycles. The molecule has 0 spiro atoms. The second-order valence-electron chi connectivity index (χ2n) is 6.12. The maximum absolute atomic E-state index is 11.2. The fourth-order valence-electron chi connectivity index (χ4n) is 2.79. The van der Waals surface area contributed by atoms with E-state index in [9.17, 15) is 4.79 Å². The smallest absolute Gasteiger partial charge is 0.427 e. The van der Waals surface area contributed by atoms with Gasteiger partial charge in [-0.1, -0.05) is 17.3 Å². The van der Waals surface area contributed by atoms with Crippen LogP contribution in [0, 0.1) is 0 Å². The summed E-state index contributed by atoms with van der Waals surface area (Å²) < 4.78 is 6.24. The van der Waals surface area contributed by atoms with E-state index in [0.717, 1.165) is 16.5 Å². The van der Waals surface area contributed by atoms with Crippen LogP contribution in [-0.4, -0.2) is 43.9 Å². The molecule has 0 fully saturated rings. The summed E-state index contributed by atoms with van der Waals surface area (Å²) in [5, 5.41) is 13.4. The molecule has 0 saturated heterocycles. The molecule has 140 valence electrons. The zero-order valence-electron chi connectivity index (χ0n) is 15.3. The Morgan fingerprint density at radius 2 is 2.07 bits per heavy atom. The molecule has 3 aromatic heterocycles. The van der Waals surface area contributed by atoms with Gasteiger partial charge in [-0.3, -0.25) is 4.98 Å². The number of carbonyl (C=O) groups is 1. The fraction of sp³-hybridized carbons (Fsp3) is 0.158. The number of aromatic nitrogens is 5. The monoisotopic (exact) mass is 375 g/mol. The predicted octanol–water partition coefficient (Wildman–Crippen LogP) is 2.50. The van der Waals surface area contributed by atoms with Crippen LogP contribution in [0.4, 0.5) is 4.79 Å². The molecular weight excluding hydrogens is 358 g/mol. The molecule has 0 bridgehead atoms. The van der Waals surface area contributed by atoms with E-state index in [2.05, 4.69) is 41.6 Å². The van der Waals surface area contributed by atoms with E-state index in [1.165, 1.54) is 7.11 Å². The van der Waals surface area contributed by atoms with E-state index < -0.39 is 6.09 Å². The SMILES string of the molecule is COC(=O)N/N=C(/C)c1ccc2nnn(Cc3ccc4ncccc4c3)c2n1. The number of amides is 1. The lowest BCUT2D eigenvalue weighted by Crippen LogP contribution is -2.19. The van der Waals surface area contributed by atoms with Crippen molar-refractivity contribution in [3.63, 3.8) is 0 Å². The van der Waals surface area contributed by atoms with Gasteiger partial charge in [-0.15, -0.1) is 5.10 Å². The molecule has 1 amide bonds. The molecule has 0 radical (unpaired) electrons. The van der Waals surface area contributed by atoms with Crippen molar-refractivity contribution >= 4 is 33.9 Å². The summed E-state index contributed by atoms with van der Waals surface area (Å²) in [5.41, 5.74) is 6.76. The molecule has 9 heteroatoms. The Labute approximate surface area is 160 Å². The Hall–Kier alpha value is -3.88. The van der Waals surface area contributed by atoms with Crippen molar-refractivity contribution in [3.05, 3.63) is 59.9 Å². The topological polar surface area (TPSA) is 107 Å². The van der Waals surface area contributed by atoms with Crippen LogP contribution >= 0.6 is 0 Å². The van der Waals surface area contributed by atoms with Gasteiger partial charge in [0.2, 0.25) is 0 Å². The highest BCUT2D eigenvalue weighted by Gasteiger charge is 2.10. The third-order valence-electron chi connectivity index (χ3n) is 4.23. The molecule has 4 aromatic rings. The fourth-order valence-corrected chi connectivity index (χ4v) is 2.79. The summed E-state index contributed by atoms with van der Waals surface area (Å²) in [4.78, 5) is 20.1. The number of ether oxygens (including phenoxy) is 1. The molecule has 28 heavy (non-hydrogen) atoms. The Bertz CT molecular complexity index is 1200. The van der Waals surface area contributed by atoms with Crippen LogP contribution in [0.2, 0.25) is 0 Å². The average Bonchev–Trinajstić information content (AvgIpc) is 3.13. The average molecular weight is 375 g/mol. The summed E-state index contributed by atoms with van der Waals surface area (Å²) in [5.74, 6) is 0. The van der Waals surface area contributed by atoms with E-state index in [-0.39, 0.29) is 0 Å². The predicted molar refractivity (Wildman–Crippen MR) is 104 cm³/mol. The van der Waals surface area contributed by atoms with Gasteiger partial charge in [0.15, 0.2) is 5.65 Å². The minimum absolute atomic E-state index is 0.522. The molecule has 0 saturated carbocycles. The van der Waals surface area contributed by atoms with Gasteiger partial charge < -0.3 is 4.74 Å². The third-order valence-corrected chi connectivity index (χ3v) is 4.23. The van der Waals surface area contributed by atoms with E-state index in [4.69, 9.17) is 0 Å². The zero-order chi connectivity index (χ0) is 19.5. The molecule has 9 nitrogen and oxygen atoms in total. The molecule has 0 atom stereocenters. The van der Waals surface area contributed by atoms with Crippen molar-refractivity contribution < 1.29 is 9.53 Å². The van der Waals surface area contributed by atoms with Crippen molar-refractivity contribution in [3.8, 4) is 0 Å². The number of fused-ring (bicyclic) bond motifs is 2. The molecule has 1 aromatic carbocycles. The number of hydrazone groups is 1. The minimum atomic E-state index is -0.641. The summed E-state index contributed by atoms with van der Waals surface area (Å²) in [7, 11) is 1.28. The van der Waals surface area contributed by atoms with Gasteiger partial charge in [-0.2, -0.15) is 5.10 Å². The van der Waals surface area contributed by atoms with Gasteiger partial charge >= 0.3 is 6.09 Å². The largest absolute Gasteiger partial charge is 0.452 e. The van der Waals surface area contributed by atoms with Crippen LogP contribution in [0.15, 0.2) is 53.8 Å². The number of hydrogen-bond acceptors (Lipinski definition) is 7. The normalized spacial score (nSPS) is 11.7. The molecular formula is C19H17N7O2. The second kappa shape index (κ2) is 7.39.